The first-order valence-corrected chi connectivity index (χ1v) is 4.32. The van der Waals surface area contributed by atoms with E-state index < -0.39 is 18.2 Å². The summed E-state index contributed by atoms with van der Waals surface area (Å²) in [6.45, 7) is 2.60. The minimum Gasteiger partial charge on any atom is -0.479 e. The first-order chi connectivity index (χ1) is 6.16. The van der Waals surface area contributed by atoms with Crippen molar-refractivity contribution in [3.8, 4) is 0 Å². The van der Waals surface area contributed by atoms with Gasteiger partial charge in [0.2, 0.25) is 0 Å². The number of rotatable bonds is 5. The molecule has 0 aromatic rings. The third-order valence-corrected chi connectivity index (χ3v) is 1.82. The Kier molecular flexibility index (Phi) is 3.25. The molecule has 5 heteroatoms. The highest BCUT2D eigenvalue weighted by molar-refractivity contribution is 5.91. The van der Waals surface area contributed by atoms with Crippen LogP contribution < -0.4 is 5.32 Å². The van der Waals surface area contributed by atoms with Gasteiger partial charge in [0.1, 0.15) is 0 Å². The lowest BCUT2D eigenvalue weighted by atomic mass is 10.3. The third kappa shape index (κ3) is 2.69. The molecule has 1 aliphatic heterocycles. The molecule has 1 saturated heterocycles. The van der Waals surface area contributed by atoms with Gasteiger partial charge in [0.25, 0.3) is 5.91 Å². The Labute approximate surface area is 76.1 Å². The molecule has 1 heterocycles. The monoisotopic (exact) mass is 187 g/mol. The normalized spacial score (nSPS) is 25.3. The molecule has 0 bridgehead atoms. The van der Waals surface area contributed by atoms with Gasteiger partial charge < -0.3 is 15.2 Å². The fourth-order valence-electron chi connectivity index (χ4n) is 0.989. The van der Waals surface area contributed by atoms with Crippen LogP contribution in [0, 0.1) is 0 Å². The number of carbonyl (C=O) groups is 2. The number of hydrogen-bond donors (Lipinski definition) is 2. The van der Waals surface area contributed by atoms with Crippen molar-refractivity contribution in [3.63, 3.8) is 0 Å². The highest BCUT2D eigenvalue weighted by Gasteiger charge is 2.50. The van der Waals surface area contributed by atoms with E-state index in [0.29, 0.717) is 6.54 Å². The molecule has 2 N–H and O–H groups in total. The molecule has 0 aliphatic carbocycles. The highest BCUT2D eigenvalue weighted by atomic mass is 16.6. The second-order valence-electron chi connectivity index (χ2n) is 2.96. The number of nitrogens with one attached hydrogen (secondary N) is 1. The molecule has 1 amide bonds. The number of carbonyl (C=O) groups excluding carboxylic acids is 1. The Morgan fingerprint density at radius 3 is 2.62 bits per heavy atom. The summed E-state index contributed by atoms with van der Waals surface area (Å²) in [6, 6.07) is 0. The number of hydrogen-bond acceptors (Lipinski definition) is 3. The van der Waals surface area contributed by atoms with Crippen LogP contribution in [0.4, 0.5) is 0 Å². The summed E-state index contributed by atoms with van der Waals surface area (Å²) in [4.78, 5) is 21.4. The number of unbranched alkanes of at least 4 members (excludes halogenated alkanes) is 1. The number of epoxide rings is 1. The molecule has 74 valence electrons. The minimum absolute atomic E-state index is 0.319. The van der Waals surface area contributed by atoms with Crippen molar-refractivity contribution in [3.05, 3.63) is 0 Å². The van der Waals surface area contributed by atoms with E-state index in [1.807, 2.05) is 6.92 Å². The van der Waals surface area contributed by atoms with E-state index in [0.717, 1.165) is 12.8 Å². The van der Waals surface area contributed by atoms with Gasteiger partial charge in [0.15, 0.2) is 12.2 Å². The van der Waals surface area contributed by atoms with Crippen molar-refractivity contribution in [1.82, 2.24) is 5.32 Å². The van der Waals surface area contributed by atoms with Crippen molar-refractivity contribution < 1.29 is 19.4 Å². The summed E-state index contributed by atoms with van der Waals surface area (Å²) in [5.41, 5.74) is 0. The van der Waals surface area contributed by atoms with Gasteiger partial charge in [-0.2, -0.15) is 0 Å². The van der Waals surface area contributed by atoms with Crippen molar-refractivity contribution in [2.75, 3.05) is 6.54 Å². The lowest BCUT2D eigenvalue weighted by Crippen LogP contribution is -2.31. The minimum atomic E-state index is -1.07. The van der Waals surface area contributed by atoms with E-state index >= 15 is 0 Å². The molecule has 1 aliphatic rings. The van der Waals surface area contributed by atoms with Crippen molar-refractivity contribution in [2.24, 2.45) is 0 Å². The summed E-state index contributed by atoms with van der Waals surface area (Å²) in [6.07, 6.45) is 0.195. The predicted octanol–water partition coefficient (Wildman–Crippen LogP) is -0.245. The SMILES string of the molecule is CCCCNC(=O)[C@H]1O[C@@H]1C(=O)O. The number of amides is 1. The van der Waals surface area contributed by atoms with E-state index in [1.54, 1.807) is 0 Å². The van der Waals surface area contributed by atoms with Gasteiger partial charge in [-0.05, 0) is 6.42 Å². The molecule has 1 fully saturated rings. The standard InChI is InChI=1S/C8H13NO4/c1-2-3-4-9-7(10)5-6(13-5)8(11)12/h5-6H,2-4H2,1H3,(H,9,10)(H,11,12)/t5-,6-/m0/s1. The number of carboxylic acid groups (broad SMARTS) is 1. The number of carboxylic acids is 1. The van der Waals surface area contributed by atoms with Crippen LogP contribution in [0.25, 0.3) is 0 Å². The molecule has 0 spiro atoms. The maximum Gasteiger partial charge on any atom is 0.336 e. The highest BCUT2D eigenvalue weighted by Crippen LogP contribution is 2.21. The zero-order chi connectivity index (χ0) is 9.84. The predicted molar refractivity (Wildman–Crippen MR) is 44.2 cm³/mol. The molecular formula is C8H13NO4. The van der Waals surface area contributed by atoms with E-state index in [1.165, 1.54) is 0 Å². The molecule has 0 unspecified atom stereocenters. The molecule has 1 rings (SSSR count). The topological polar surface area (TPSA) is 78.9 Å². The fraction of sp³-hybridized carbons (Fsp3) is 0.750. The summed E-state index contributed by atoms with van der Waals surface area (Å²) in [7, 11) is 0. The lowest BCUT2D eigenvalue weighted by Gasteiger charge is -1.99. The van der Waals surface area contributed by atoms with Crippen LogP contribution in [0.5, 0.6) is 0 Å². The van der Waals surface area contributed by atoms with Crippen LogP contribution in [0.1, 0.15) is 19.8 Å². The first kappa shape index (κ1) is 9.98. The van der Waals surface area contributed by atoms with Crippen molar-refractivity contribution >= 4 is 11.9 Å². The Bertz CT molecular complexity index is 216. The molecule has 0 aromatic heterocycles. The Morgan fingerprint density at radius 1 is 1.46 bits per heavy atom. The van der Waals surface area contributed by atoms with Crippen molar-refractivity contribution in [2.45, 2.75) is 32.0 Å². The van der Waals surface area contributed by atoms with Crippen LogP contribution in [-0.2, 0) is 14.3 Å². The van der Waals surface area contributed by atoms with Crippen LogP contribution in [0.3, 0.4) is 0 Å². The van der Waals surface area contributed by atoms with Gasteiger partial charge >= 0.3 is 5.97 Å². The van der Waals surface area contributed by atoms with Crippen LogP contribution >= 0.6 is 0 Å². The summed E-state index contributed by atoms with van der Waals surface area (Å²) in [5, 5.41) is 11.0. The van der Waals surface area contributed by atoms with Crippen LogP contribution in [0.2, 0.25) is 0 Å². The Hall–Kier alpha value is -1.10. The fourth-order valence-corrected chi connectivity index (χ4v) is 0.989. The summed E-state index contributed by atoms with van der Waals surface area (Å²) >= 11 is 0. The largest absolute Gasteiger partial charge is 0.479 e. The maximum absolute atomic E-state index is 11.1. The Morgan fingerprint density at radius 2 is 2.15 bits per heavy atom. The molecule has 0 aromatic carbocycles. The van der Waals surface area contributed by atoms with Crippen molar-refractivity contribution in [1.29, 1.82) is 0 Å². The van der Waals surface area contributed by atoms with E-state index in [9.17, 15) is 9.59 Å². The molecule has 13 heavy (non-hydrogen) atoms. The van der Waals surface area contributed by atoms with Gasteiger partial charge in [-0.3, -0.25) is 4.79 Å². The van der Waals surface area contributed by atoms with Gasteiger partial charge in [0, 0.05) is 6.54 Å². The average Bonchev–Trinajstić information content (AvgIpc) is 2.83. The number of ether oxygens (including phenoxy) is 1. The van der Waals surface area contributed by atoms with E-state index in [2.05, 4.69) is 10.1 Å². The van der Waals surface area contributed by atoms with E-state index in [4.69, 9.17) is 5.11 Å². The van der Waals surface area contributed by atoms with Gasteiger partial charge in [-0.1, -0.05) is 13.3 Å². The van der Waals surface area contributed by atoms with Crippen LogP contribution in [0.15, 0.2) is 0 Å². The number of aliphatic carboxylic acids is 1. The average molecular weight is 187 g/mol. The van der Waals surface area contributed by atoms with E-state index in [-0.39, 0.29) is 5.91 Å². The van der Waals surface area contributed by atoms with Crippen LogP contribution in [-0.4, -0.2) is 35.7 Å². The smallest absolute Gasteiger partial charge is 0.336 e. The van der Waals surface area contributed by atoms with Gasteiger partial charge in [-0.15, -0.1) is 0 Å². The third-order valence-electron chi connectivity index (χ3n) is 1.82. The quantitative estimate of drug-likeness (QED) is 0.459. The van der Waals surface area contributed by atoms with Gasteiger partial charge in [-0.25, -0.2) is 4.79 Å². The zero-order valence-electron chi connectivity index (χ0n) is 7.45. The molecule has 5 nitrogen and oxygen atoms in total. The summed E-state index contributed by atoms with van der Waals surface area (Å²) in [5.74, 6) is -1.39. The zero-order valence-corrected chi connectivity index (χ0v) is 7.45. The second kappa shape index (κ2) is 4.23. The molecule has 2 atom stereocenters. The van der Waals surface area contributed by atoms with Gasteiger partial charge in [0.05, 0.1) is 0 Å². The Balaban J connectivity index is 2.16. The molecular weight excluding hydrogens is 174 g/mol. The lowest BCUT2D eigenvalue weighted by molar-refractivity contribution is -0.138. The first-order valence-electron chi connectivity index (χ1n) is 4.32. The molecule has 0 radical (unpaired) electrons. The summed E-state index contributed by atoms with van der Waals surface area (Å²) < 4.78 is 4.66. The molecule has 0 saturated carbocycles. The second-order valence-corrected chi connectivity index (χ2v) is 2.96. The maximum atomic E-state index is 11.1.